The smallest absolute Gasteiger partial charge is 0.258 e. The van der Waals surface area contributed by atoms with Crippen LogP contribution >= 0.6 is 0 Å². The van der Waals surface area contributed by atoms with Gasteiger partial charge in [-0.05, 0) is 12.1 Å². The summed E-state index contributed by atoms with van der Waals surface area (Å²) in [6.07, 6.45) is -3.15. The van der Waals surface area contributed by atoms with E-state index in [1.807, 2.05) is 0 Å². The van der Waals surface area contributed by atoms with E-state index in [9.17, 15) is 23.3 Å². The zero-order valence-corrected chi connectivity index (χ0v) is 8.99. The fraction of sp³-hybridized carbons (Fsp3) is 0.273. The topological polar surface area (TPSA) is 43.1 Å². The zero-order valence-electron chi connectivity index (χ0n) is 8.99. The van der Waals surface area contributed by atoms with E-state index in [-0.39, 0.29) is 11.3 Å². The zero-order chi connectivity index (χ0) is 13.2. The molecule has 0 N–H and O–H groups in total. The van der Waals surface area contributed by atoms with E-state index in [1.54, 1.807) is 6.92 Å². The minimum atomic E-state index is -4.51. The Balaban J connectivity index is 3.39. The van der Waals surface area contributed by atoms with Crippen molar-refractivity contribution in [2.75, 3.05) is 0 Å². The van der Waals surface area contributed by atoms with Crippen molar-refractivity contribution in [3.63, 3.8) is 0 Å². The SMILES string of the molecule is C=CC(C)c1cc(C(F)(F)F)ccc1[N+](=O)[O-]. The van der Waals surface area contributed by atoms with Gasteiger partial charge in [-0.2, -0.15) is 13.2 Å². The fourth-order valence-corrected chi connectivity index (χ4v) is 1.39. The quantitative estimate of drug-likeness (QED) is 0.460. The van der Waals surface area contributed by atoms with Gasteiger partial charge in [0.15, 0.2) is 0 Å². The van der Waals surface area contributed by atoms with Crippen LogP contribution in [0.4, 0.5) is 18.9 Å². The number of nitro benzene ring substituents is 1. The highest BCUT2D eigenvalue weighted by molar-refractivity contribution is 5.46. The van der Waals surface area contributed by atoms with Gasteiger partial charge in [0.25, 0.3) is 5.69 Å². The Bertz CT molecular complexity index is 455. The van der Waals surface area contributed by atoms with Crippen molar-refractivity contribution in [3.8, 4) is 0 Å². The molecule has 0 heterocycles. The molecule has 0 radical (unpaired) electrons. The van der Waals surface area contributed by atoms with Crippen LogP contribution in [0, 0.1) is 10.1 Å². The van der Waals surface area contributed by atoms with E-state index in [2.05, 4.69) is 6.58 Å². The van der Waals surface area contributed by atoms with E-state index < -0.39 is 22.6 Å². The molecule has 0 spiro atoms. The highest BCUT2D eigenvalue weighted by atomic mass is 19.4. The highest BCUT2D eigenvalue weighted by Crippen LogP contribution is 2.35. The Morgan fingerprint density at radius 1 is 1.47 bits per heavy atom. The van der Waals surface area contributed by atoms with Gasteiger partial charge in [0.05, 0.1) is 10.5 Å². The second-order valence-electron chi connectivity index (χ2n) is 3.55. The van der Waals surface area contributed by atoms with Crippen LogP contribution in [0.2, 0.25) is 0 Å². The van der Waals surface area contributed by atoms with Gasteiger partial charge in [0.1, 0.15) is 0 Å². The Labute approximate surface area is 95.7 Å². The summed E-state index contributed by atoms with van der Waals surface area (Å²) in [4.78, 5) is 9.99. The van der Waals surface area contributed by atoms with E-state index in [4.69, 9.17) is 0 Å². The molecule has 1 unspecified atom stereocenters. The summed E-state index contributed by atoms with van der Waals surface area (Å²) in [5.74, 6) is -0.516. The van der Waals surface area contributed by atoms with Crippen LogP contribution in [0.15, 0.2) is 30.9 Å². The summed E-state index contributed by atoms with van der Waals surface area (Å²) >= 11 is 0. The second kappa shape index (κ2) is 4.57. The number of rotatable bonds is 3. The van der Waals surface area contributed by atoms with E-state index >= 15 is 0 Å². The fourth-order valence-electron chi connectivity index (χ4n) is 1.39. The van der Waals surface area contributed by atoms with Crippen molar-refractivity contribution < 1.29 is 18.1 Å². The molecule has 0 aliphatic rings. The predicted octanol–water partition coefficient (Wildman–Crippen LogP) is 3.90. The van der Waals surface area contributed by atoms with Crippen LogP contribution in [0.5, 0.6) is 0 Å². The third-order valence-electron chi connectivity index (χ3n) is 2.40. The highest BCUT2D eigenvalue weighted by Gasteiger charge is 2.32. The van der Waals surface area contributed by atoms with Crippen molar-refractivity contribution in [3.05, 3.63) is 52.1 Å². The van der Waals surface area contributed by atoms with Gasteiger partial charge in [0, 0.05) is 17.5 Å². The summed E-state index contributed by atoms with van der Waals surface area (Å²) < 4.78 is 37.4. The molecule has 1 aromatic carbocycles. The van der Waals surface area contributed by atoms with Crippen LogP contribution in [-0.2, 0) is 6.18 Å². The second-order valence-corrected chi connectivity index (χ2v) is 3.55. The minimum Gasteiger partial charge on any atom is -0.258 e. The van der Waals surface area contributed by atoms with E-state index in [0.717, 1.165) is 12.1 Å². The maximum absolute atomic E-state index is 12.5. The number of alkyl halides is 3. The number of hydrogen-bond acceptors (Lipinski definition) is 2. The number of benzene rings is 1. The summed E-state index contributed by atoms with van der Waals surface area (Å²) in [5.41, 5.74) is -1.21. The van der Waals surface area contributed by atoms with Crippen molar-refractivity contribution in [1.29, 1.82) is 0 Å². The average Bonchev–Trinajstić information content (AvgIpc) is 2.25. The molecule has 6 heteroatoms. The lowest BCUT2D eigenvalue weighted by Crippen LogP contribution is -2.07. The molecule has 0 saturated carbocycles. The lowest BCUT2D eigenvalue weighted by atomic mass is 9.97. The largest absolute Gasteiger partial charge is 0.416 e. The molecule has 1 aromatic rings. The predicted molar refractivity (Wildman–Crippen MR) is 56.7 cm³/mol. The van der Waals surface area contributed by atoms with Crippen LogP contribution in [0.25, 0.3) is 0 Å². The lowest BCUT2D eigenvalue weighted by molar-refractivity contribution is -0.385. The average molecular weight is 245 g/mol. The molecule has 0 aromatic heterocycles. The van der Waals surface area contributed by atoms with Crippen LogP contribution in [0.1, 0.15) is 24.0 Å². The molecule has 3 nitrogen and oxygen atoms in total. The van der Waals surface area contributed by atoms with Gasteiger partial charge in [-0.25, -0.2) is 0 Å². The van der Waals surface area contributed by atoms with Gasteiger partial charge < -0.3 is 0 Å². The van der Waals surface area contributed by atoms with Gasteiger partial charge in [-0.15, -0.1) is 6.58 Å². The summed E-state index contributed by atoms with van der Waals surface area (Å²) in [5, 5.41) is 10.7. The third-order valence-corrected chi connectivity index (χ3v) is 2.40. The van der Waals surface area contributed by atoms with Gasteiger partial charge in [0.2, 0.25) is 0 Å². The molecule has 17 heavy (non-hydrogen) atoms. The molecular weight excluding hydrogens is 235 g/mol. The van der Waals surface area contributed by atoms with Gasteiger partial charge in [-0.1, -0.05) is 13.0 Å². The van der Waals surface area contributed by atoms with Crippen LogP contribution < -0.4 is 0 Å². The van der Waals surface area contributed by atoms with Crippen molar-refractivity contribution in [2.24, 2.45) is 0 Å². The van der Waals surface area contributed by atoms with Gasteiger partial charge in [-0.3, -0.25) is 10.1 Å². The van der Waals surface area contributed by atoms with Crippen molar-refractivity contribution in [1.82, 2.24) is 0 Å². The maximum atomic E-state index is 12.5. The number of nitrogens with zero attached hydrogens (tertiary/aromatic N) is 1. The monoisotopic (exact) mass is 245 g/mol. The molecule has 1 rings (SSSR count). The number of hydrogen-bond donors (Lipinski definition) is 0. The number of allylic oxidation sites excluding steroid dienone is 1. The Morgan fingerprint density at radius 3 is 2.47 bits per heavy atom. The Kier molecular flexibility index (Phi) is 3.55. The third kappa shape index (κ3) is 2.83. The van der Waals surface area contributed by atoms with Crippen LogP contribution in [0.3, 0.4) is 0 Å². The molecule has 0 amide bonds. The first-order chi connectivity index (χ1) is 7.77. The minimum absolute atomic E-state index is 0.0137. The molecule has 0 aliphatic heterocycles. The van der Waals surface area contributed by atoms with Gasteiger partial charge >= 0.3 is 6.18 Å². The molecule has 0 saturated heterocycles. The Morgan fingerprint density at radius 2 is 2.06 bits per heavy atom. The number of halogens is 3. The molecule has 0 fully saturated rings. The normalized spacial score (nSPS) is 13.2. The molecule has 1 atom stereocenters. The summed E-state index contributed by atoms with van der Waals surface area (Å²) in [7, 11) is 0. The molecule has 0 bridgehead atoms. The standard InChI is InChI=1S/C11H10F3NO2/c1-3-7(2)9-6-8(11(12,13)14)4-5-10(9)15(16)17/h3-7H,1H2,2H3. The Hall–Kier alpha value is -1.85. The van der Waals surface area contributed by atoms with Crippen molar-refractivity contribution >= 4 is 5.69 Å². The summed E-state index contributed by atoms with van der Waals surface area (Å²) in [6.45, 7) is 4.98. The summed E-state index contributed by atoms with van der Waals surface area (Å²) in [6, 6.07) is 2.38. The molecular formula is C11H10F3NO2. The maximum Gasteiger partial charge on any atom is 0.416 e. The lowest BCUT2D eigenvalue weighted by Gasteiger charge is -2.11. The molecule has 0 aliphatic carbocycles. The first kappa shape index (κ1) is 13.2. The van der Waals surface area contributed by atoms with Crippen molar-refractivity contribution in [2.45, 2.75) is 19.0 Å². The first-order valence-electron chi connectivity index (χ1n) is 4.75. The van der Waals surface area contributed by atoms with E-state index in [1.165, 1.54) is 6.08 Å². The number of nitro groups is 1. The first-order valence-corrected chi connectivity index (χ1v) is 4.75. The molecule has 92 valence electrons. The van der Waals surface area contributed by atoms with E-state index in [0.29, 0.717) is 6.07 Å². The van der Waals surface area contributed by atoms with Crippen LogP contribution in [-0.4, -0.2) is 4.92 Å².